The van der Waals surface area contributed by atoms with E-state index in [4.69, 9.17) is 4.74 Å². The van der Waals surface area contributed by atoms with Crippen LogP contribution in [0.4, 0.5) is 4.79 Å². The minimum atomic E-state index is -1.11. The van der Waals surface area contributed by atoms with Gasteiger partial charge in [-0.1, -0.05) is 115 Å². The van der Waals surface area contributed by atoms with E-state index in [1.165, 1.54) is 11.8 Å². The van der Waals surface area contributed by atoms with Gasteiger partial charge in [0.2, 0.25) is 11.8 Å². The molecule has 5 rings (SSSR count). The average Bonchev–Trinajstić information content (AvgIpc) is 3.21. The van der Waals surface area contributed by atoms with Crippen LogP contribution >= 0.6 is 23.5 Å². The van der Waals surface area contributed by atoms with E-state index in [1.807, 2.05) is 106 Å². The molecule has 1 aliphatic rings. The third-order valence-corrected chi connectivity index (χ3v) is 12.2. The van der Waals surface area contributed by atoms with E-state index in [0.29, 0.717) is 11.5 Å². The summed E-state index contributed by atoms with van der Waals surface area (Å²) >= 11 is 3.19. The molecule has 0 saturated carbocycles. The third kappa shape index (κ3) is 11.4. The molecule has 0 aliphatic carbocycles. The summed E-state index contributed by atoms with van der Waals surface area (Å²) in [5, 5.41) is 19.0. The van der Waals surface area contributed by atoms with Crippen molar-refractivity contribution in [2.24, 2.45) is 0 Å². The van der Waals surface area contributed by atoms with Crippen LogP contribution in [0, 0.1) is 0 Å². The smallest absolute Gasteiger partial charge is 0.407 e. The van der Waals surface area contributed by atoms with E-state index >= 15 is 0 Å². The van der Waals surface area contributed by atoms with Crippen molar-refractivity contribution in [3.8, 4) is 0 Å². The molecule has 1 unspecified atom stereocenters. The Balaban J connectivity index is 1.41. The molecule has 3 amide bonds. The number of carbonyl (C=O) groups excluding carboxylic acids is 3. The highest BCUT2D eigenvalue weighted by molar-refractivity contribution is 8.00. The van der Waals surface area contributed by atoms with Gasteiger partial charge in [0.25, 0.3) is 0 Å². The van der Waals surface area contributed by atoms with Crippen molar-refractivity contribution in [1.29, 1.82) is 0 Å². The zero-order chi connectivity index (χ0) is 41.0. The van der Waals surface area contributed by atoms with Gasteiger partial charge in [-0.2, -0.15) is 11.8 Å². The SMILES string of the molecule is CSCC[C@H](NC(=O)[C@H]1Cc2ccccc2CN1C(=O)[C@H](C)NCC(CSC(c1ccccc1)(c1ccccc1)c1ccccc1)NC(=O)OC(C)(C)C)C(=O)O. The second-order valence-electron chi connectivity index (χ2n) is 15.2. The molecule has 4 N–H and O–H groups in total. The molecule has 4 aromatic rings. The zero-order valence-electron chi connectivity index (χ0n) is 33.3. The van der Waals surface area contributed by atoms with Gasteiger partial charge in [0.05, 0.1) is 16.8 Å². The Hall–Kier alpha value is -4.78. The fourth-order valence-electron chi connectivity index (χ4n) is 7.02. The summed E-state index contributed by atoms with van der Waals surface area (Å²) in [5.74, 6) is -0.928. The first kappa shape index (κ1) is 43.3. The Kier molecular flexibility index (Phi) is 15.3. The number of fused-ring (bicyclic) bond motifs is 1. The van der Waals surface area contributed by atoms with Gasteiger partial charge in [-0.15, -0.1) is 11.8 Å². The summed E-state index contributed by atoms with van der Waals surface area (Å²) in [7, 11) is 0. The number of amides is 3. The number of aliphatic carboxylic acids is 1. The number of carbonyl (C=O) groups is 4. The maximum Gasteiger partial charge on any atom is 0.407 e. The number of ether oxygens (including phenoxy) is 1. The first-order chi connectivity index (χ1) is 27.3. The predicted octanol–water partition coefficient (Wildman–Crippen LogP) is 6.86. The van der Waals surface area contributed by atoms with Gasteiger partial charge in [0.1, 0.15) is 17.7 Å². The normalized spacial score (nSPS) is 15.7. The highest BCUT2D eigenvalue weighted by Gasteiger charge is 2.40. The topological polar surface area (TPSA) is 137 Å². The minimum absolute atomic E-state index is 0.199. The number of nitrogens with zero attached hydrogens (tertiary/aromatic N) is 1. The lowest BCUT2D eigenvalue weighted by molar-refractivity contribution is -0.146. The standard InChI is InChI=1S/C45H54N4O6S2/c1-31(41(51)49-29-33-18-16-15-17-32(33)27-39(49)40(50)48-38(42(52)53)25-26-56-5)46-28-37(47-43(54)55-44(2,3)4)30-57-45(34-19-9-6-10-20-34,35-21-11-7-12-22-35)36-23-13-8-14-24-36/h6-24,31,37-39,46H,25-30H2,1-5H3,(H,47,54)(H,48,50)(H,52,53)/t31-,37?,38-,39+/m0/s1. The van der Waals surface area contributed by atoms with E-state index in [2.05, 4.69) is 52.3 Å². The Morgan fingerprint density at radius 1 is 0.807 bits per heavy atom. The van der Waals surface area contributed by atoms with Gasteiger partial charge < -0.3 is 30.7 Å². The summed E-state index contributed by atoms with van der Waals surface area (Å²) in [6.07, 6.45) is 1.83. The summed E-state index contributed by atoms with van der Waals surface area (Å²) < 4.78 is 5.05. The van der Waals surface area contributed by atoms with E-state index in [-0.39, 0.29) is 31.8 Å². The highest BCUT2D eigenvalue weighted by Crippen LogP contribution is 2.48. The van der Waals surface area contributed by atoms with E-state index < -0.39 is 52.5 Å². The Labute approximate surface area is 344 Å². The number of alkyl carbamates (subject to hydrolysis) is 1. The van der Waals surface area contributed by atoms with Crippen molar-refractivity contribution in [3.63, 3.8) is 0 Å². The lowest BCUT2D eigenvalue weighted by atomic mass is 9.84. The van der Waals surface area contributed by atoms with Crippen LogP contribution in [0.5, 0.6) is 0 Å². The third-order valence-electron chi connectivity index (χ3n) is 9.86. The fraction of sp³-hybridized carbons (Fsp3) is 0.378. The molecule has 0 bridgehead atoms. The van der Waals surface area contributed by atoms with Gasteiger partial charge in [-0.25, -0.2) is 9.59 Å². The molecule has 0 radical (unpaired) electrons. The number of thioether (sulfide) groups is 2. The lowest BCUT2D eigenvalue weighted by Crippen LogP contribution is -2.59. The van der Waals surface area contributed by atoms with Crippen LogP contribution in [0.15, 0.2) is 115 Å². The molecule has 4 atom stereocenters. The number of nitrogens with one attached hydrogen (secondary N) is 3. The van der Waals surface area contributed by atoms with Crippen LogP contribution < -0.4 is 16.0 Å². The van der Waals surface area contributed by atoms with E-state index in [1.54, 1.807) is 23.6 Å². The largest absolute Gasteiger partial charge is 0.480 e. The van der Waals surface area contributed by atoms with Gasteiger partial charge in [-0.3, -0.25) is 9.59 Å². The first-order valence-corrected chi connectivity index (χ1v) is 21.6. The molecule has 302 valence electrons. The molecule has 0 fully saturated rings. The Morgan fingerprint density at radius 3 is 1.84 bits per heavy atom. The van der Waals surface area contributed by atoms with Gasteiger partial charge >= 0.3 is 12.1 Å². The zero-order valence-corrected chi connectivity index (χ0v) is 34.9. The van der Waals surface area contributed by atoms with Crippen molar-refractivity contribution < 1.29 is 29.0 Å². The van der Waals surface area contributed by atoms with E-state index in [9.17, 15) is 24.3 Å². The number of rotatable bonds is 17. The quantitative estimate of drug-likeness (QED) is 0.0844. The monoisotopic (exact) mass is 810 g/mol. The fourth-order valence-corrected chi connectivity index (χ4v) is 9.06. The molecule has 12 heteroatoms. The molecule has 1 aliphatic heterocycles. The predicted molar refractivity (Wildman–Crippen MR) is 229 cm³/mol. The van der Waals surface area contributed by atoms with Crippen LogP contribution in [-0.2, 0) is 36.8 Å². The van der Waals surface area contributed by atoms with Gasteiger partial charge in [0.15, 0.2) is 0 Å². The molecular weight excluding hydrogens is 757 g/mol. The summed E-state index contributed by atoms with van der Waals surface area (Å²) in [6, 6.07) is 35.3. The summed E-state index contributed by atoms with van der Waals surface area (Å²) in [6.45, 7) is 7.59. The van der Waals surface area contributed by atoms with Crippen molar-refractivity contribution in [1.82, 2.24) is 20.9 Å². The summed E-state index contributed by atoms with van der Waals surface area (Å²) in [4.78, 5) is 55.1. The molecule has 0 aromatic heterocycles. The highest BCUT2D eigenvalue weighted by atomic mass is 32.2. The van der Waals surface area contributed by atoms with Crippen molar-refractivity contribution >= 4 is 47.4 Å². The maximum absolute atomic E-state index is 14.4. The maximum atomic E-state index is 14.4. The second kappa shape index (κ2) is 20.1. The number of carboxylic acids is 1. The number of benzene rings is 4. The minimum Gasteiger partial charge on any atom is -0.480 e. The van der Waals surface area contributed by atoms with E-state index in [0.717, 1.165) is 27.8 Å². The summed E-state index contributed by atoms with van der Waals surface area (Å²) in [5.41, 5.74) is 4.37. The molecule has 10 nitrogen and oxygen atoms in total. The Morgan fingerprint density at radius 2 is 1.33 bits per heavy atom. The molecule has 57 heavy (non-hydrogen) atoms. The van der Waals surface area contributed by atoms with Crippen molar-refractivity contribution in [3.05, 3.63) is 143 Å². The van der Waals surface area contributed by atoms with Crippen LogP contribution in [0.3, 0.4) is 0 Å². The first-order valence-electron chi connectivity index (χ1n) is 19.2. The molecule has 1 heterocycles. The van der Waals surface area contributed by atoms with Gasteiger partial charge in [0, 0.05) is 25.3 Å². The number of carboxylic acid groups (broad SMARTS) is 1. The molecule has 4 aromatic carbocycles. The average molecular weight is 811 g/mol. The number of hydrogen-bond acceptors (Lipinski definition) is 8. The molecular formula is C45H54N4O6S2. The second-order valence-corrected chi connectivity index (χ2v) is 17.4. The van der Waals surface area contributed by atoms with Gasteiger partial charge in [-0.05, 0) is 73.9 Å². The van der Waals surface area contributed by atoms with Crippen LogP contribution in [0.1, 0.15) is 61.9 Å². The van der Waals surface area contributed by atoms with Crippen molar-refractivity contribution in [2.45, 2.75) is 81.6 Å². The lowest BCUT2D eigenvalue weighted by Gasteiger charge is -2.38. The van der Waals surface area contributed by atoms with Crippen molar-refractivity contribution in [2.75, 3.05) is 24.3 Å². The van der Waals surface area contributed by atoms with Crippen LogP contribution in [-0.4, -0.2) is 88.0 Å². The van der Waals surface area contributed by atoms with Crippen LogP contribution in [0.25, 0.3) is 0 Å². The Bertz CT molecular complexity index is 1850. The van der Waals surface area contributed by atoms with Crippen LogP contribution in [0.2, 0.25) is 0 Å². The number of hydrogen-bond donors (Lipinski definition) is 4. The molecule has 0 saturated heterocycles. The molecule has 0 spiro atoms.